The van der Waals surface area contributed by atoms with Gasteiger partial charge in [0.05, 0.1) is 14.2 Å². The van der Waals surface area contributed by atoms with Gasteiger partial charge in [0.1, 0.15) is 5.60 Å². The van der Waals surface area contributed by atoms with Gasteiger partial charge >= 0.3 is 12.1 Å². The number of carboxylic acid groups (broad SMARTS) is 1. The number of fused-ring (bicyclic) bond motifs is 1. The topological polar surface area (TPSA) is 85.3 Å². The van der Waals surface area contributed by atoms with Crippen molar-refractivity contribution in [2.45, 2.75) is 38.8 Å². The first-order chi connectivity index (χ1) is 11.2. The number of aliphatic carboxylic acids is 1. The van der Waals surface area contributed by atoms with E-state index in [1.165, 1.54) is 19.1 Å². The maximum Gasteiger partial charge on any atom is 0.411 e. The highest BCUT2D eigenvalue weighted by Crippen LogP contribution is 2.38. The van der Waals surface area contributed by atoms with Crippen molar-refractivity contribution in [3.05, 3.63) is 23.3 Å². The van der Waals surface area contributed by atoms with Crippen LogP contribution in [0.3, 0.4) is 0 Å². The predicted octanol–water partition coefficient (Wildman–Crippen LogP) is 2.62. The summed E-state index contributed by atoms with van der Waals surface area (Å²) in [5, 5.41) is 9.67. The molecule has 0 fully saturated rings. The molecule has 132 valence electrons. The minimum atomic E-state index is -1.12. The number of nitrogens with zero attached hydrogens (tertiary/aromatic N) is 1. The van der Waals surface area contributed by atoms with Gasteiger partial charge < -0.3 is 19.3 Å². The van der Waals surface area contributed by atoms with Crippen LogP contribution < -0.4 is 9.47 Å². The van der Waals surface area contributed by atoms with Crippen LogP contribution in [0.25, 0.3) is 0 Å². The lowest BCUT2D eigenvalue weighted by Crippen LogP contribution is -2.45. The Morgan fingerprint density at radius 3 is 2.25 bits per heavy atom. The van der Waals surface area contributed by atoms with E-state index in [1.807, 2.05) is 0 Å². The highest BCUT2D eigenvalue weighted by Gasteiger charge is 2.38. The Bertz CT molecular complexity index is 649. The van der Waals surface area contributed by atoms with Crippen LogP contribution in [0.4, 0.5) is 4.79 Å². The molecule has 1 aliphatic rings. The lowest BCUT2D eigenvalue weighted by atomic mass is 9.92. The largest absolute Gasteiger partial charge is 0.493 e. The second-order valence-electron chi connectivity index (χ2n) is 6.57. The van der Waals surface area contributed by atoms with E-state index in [1.54, 1.807) is 32.9 Å². The fourth-order valence-corrected chi connectivity index (χ4v) is 2.73. The van der Waals surface area contributed by atoms with E-state index in [-0.39, 0.29) is 6.54 Å². The molecule has 0 spiro atoms. The van der Waals surface area contributed by atoms with Gasteiger partial charge in [-0.05, 0) is 50.5 Å². The predicted molar refractivity (Wildman–Crippen MR) is 86.6 cm³/mol. The Hall–Kier alpha value is -2.44. The van der Waals surface area contributed by atoms with Crippen molar-refractivity contribution < 1.29 is 28.9 Å². The summed E-state index contributed by atoms with van der Waals surface area (Å²) in [6, 6.07) is 2.25. The number of carboxylic acids is 1. The van der Waals surface area contributed by atoms with E-state index in [9.17, 15) is 14.7 Å². The Morgan fingerprint density at radius 1 is 1.17 bits per heavy atom. The van der Waals surface area contributed by atoms with Crippen LogP contribution in [-0.4, -0.2) is 48.4 Å². The standard InChI is InChI=1S/C17H23NO6/c1-17(2,3)24-16(21)18-7-6-10-8-12(22-4)13(23-5)9-11(10)14(18)15(19)20/h8-9,14H,6-7H2,1-5H3,(H,19,20)/t14-/m0/s1. The third-order valence-electron chi connectivity index (χ3n) is 3.74. The van der Waals surface area contributed by atoms with E-state index in [4.69, 9.17) is 14.2 Å². The first kappa shape index (κ1) is 17.9. The summed E-state index contributed by atoms with van der Waals surface area (Å²) < 4.78 is 15.9. The number of carbonyl (C=O) groups excluding carboxylic acids is 1. The van der Waals surface area contributed by atoms with Crippen molar-refractivity contribution in [1.29, 1.82) is 0 Å². The Labute approximate surface area is 141 Å². The SMILES string of the molecule is COc1cc2c(cc1OC)[C@@H](C(=O)O)N(C(=O)OC(C)(C)C)CC2. The summed E-state index contributed by atoms with van der Waals surface area (Å²) in [4.78, 5) is 25.5. The molecular formula is C17H23NO6. The molecule has 24 heavy (non-hydrogen) atoms. The molecule has 7 nitrogen and oxygen atoms in total. The van der Waals surface area contributed by atoms with Crippen molar-refractivity contribution in [2.75, 3.05) is 20.8 Å². The van der Waals surface area contributed by atoms with Crippen molar-refractivity contribution >= 4 is 12.1 Å². The summed E-state index contributed by atoms with van der Waals surface area (Å²) in [6.07, 6.45) is -0.131. The summed E-state index contributed by atoms with van der Waals surface area (Å²) in [5.74, 6) is -0.159. The molecule has 1 N–H and O–H groups in total. The van der Waals surface area contributed by atoms with E-state index in [0.717, 1.165) is 5.56 Å². The molecule has 2 rings (SSSR count). The maximum absolute atomic E-state index is 12.4. The Balaban J connectivity index is 2.44. The van der Waals surface area contributed by atoms with Gasteiger partial charge in [-0.3, -0.25) is 4.90 Å². The second kappa shape index (κ2) is 6.59. The van der Waals surface area contributed by atoms with Gasteiger partial charge in [0, 0.05) is 6.54 Å². The molecular weight excluding hydrogens is 314 g/mol. The average molecular weight is 337 g/mol. The molecule has 0 radical (unpaired) electrons. The molecule has 7 heteroatoms. The van der Waals surface area contributed by atoms with Gasteiger partial charge in [0.15, 0.2) is 17.5 Å². The molecule has 1 heterocycles. The van der Waals surface area contributed by atoms with Gasteiger partial charge in [-0.15, -0.1) is 0 Å². The summed E-state index contributed by atoms with van der Waals surface area (Å²) in [5.41, 5.74) is 0.634. The number of ether oxygens (including phenoxy) is 3. The van der Waals surface area contributed by atoms with Crippen LogP contribution in [0.15, 0.2) is 12.1 Å². The zero-order chi connectivity index (χ0) is 18.1. The van der Waals surface area contributed by atoms with E-state index >= 15 is 0 Å². The smallest absolute Gasteiger partial charge is 0.411 e. The third-order valence-corrected chi connectivity index (χ3v) is 3.74. The van der Waals surface area contributed by atoms with E-state index in [2.05, 4.69) is 0 Å². The van der Waals surface area contributed by atoms with Gasteiger partial charge in [-0.25, -0.2) is 9.59 Å². The number of rotatable bonds is 3. The van der Waals surface area contributed by atoms with Crippen molar-refractivity contribution in [2.24, 2.45) is 0 Å². The molecule has 0 bridgehead atoms. The van der Waals surface area contributed by atoms with Crippen molar-refractivity contribution in [1.82, 2.24) is 4.90 Å². The number of methoxy groups -OCH3 is 2. The van der Waals surface area contributed by atoms with E-state index in [0.29, 0.717) is 23.5 Å². The van der Waals surface area contributed by atoms with Crippen LogP contribution >= 0.6 is 0 Å². The van der Waals surface area contributed by atoms with Gasteiger partial charge in [-0.2, -0.15) is 0 Å². The minimum Gasteiger partial charge on any atom is -0.493 e. The summed E-state index contributed by atoms with van der Waals surface area (Å²) >= 11 is 0. The average Bonchev–Trinajstić information content (AvgIpc) is 2.50. The fourth-order valence-electron chi connectivity index (χ4n) is 2.73. The van der Waals surface area contributed by atoms with Crippen molar-refractivity contribution in [3.63, 3.8) is 0 Å². The van der Waals surface area contributed by atoms with Crippen LogP contribution in [0.1, 0.15) is 37.9 Å². The molecule has 0 saturated carbocycles. The molecule has 0 unspecified atom stereocenters. The molecule has 1 aliphatic heterocycles. The highest BCUT2D eigenvalue weighted by molar-refractivity contribution is 5.83. The number of benzene rings is 1. The molecule has 1 amide bonds. The van der Waals surface area contributed by atoms with Crippen LogP contribution in [0.2, 0.25) is 0 Å². The highest BCUT2D eigenvalue weighted by atomic mass is 16.6. The van der Waals surface area contributed by atoms with Gasteiger partial charge in [0.2, 0.25) is 0 Å². The van der Waals surface area contributed by atoms with Gasteiger partial charge in [0.25, 0.3) is 0 Å². The normalized spacial score (nSPS) is 17.0. The third kappa shape index (κ3) is 3.55. The Kier molecular flexibility index (Phi) is 4.91. The monoisotopic (exact) mass is 337 g/mol. The quantitative estimate of drug-likeness (QED) is 0.912. The lowest BCUT2D eigenvalue weighted by Gasteiger charge is -2.36. The minimum absolute atomic E-state index is 0.258. The molecule has 0 aromatic heterocycles. The number of amides is 1. The molecule has 1 atom stereocenters. The second-order valence-corrected chi connectivity index (χ2v) is 6.57. The fraction of sp³-hybridized carbons (Fsp3) is 0.529. The summed E-state index contributed by atoms with van der Waals surface area (Å²) in [7, 11) is 3.00. The zero-order valence-electron chi connectivity index (χ0n) is 14.6. The molecule has 0 saturated heterocycles. The molecule has 0 aliphatic carbocycles. The molecule has 1 aromatic rings. The van der Waals surface area contributed by atoms with Crippen LogP contribution in [0, 0.1) is 0 Å². The van der Waals surface area contributed by atoms with Crippen molar-refractivity contribution in [3.8, 4) is 11.5 Å². The maximum atomic E-state index is 12.4. The van der Waals surface area contributed by atoms with E-state index < -0.39 is 23.7 Å². The number of hydrogen-bond donors (Lipinski definition) is 1. The lowest BCUT2D eigenvalue weighted by molar-refractivity contribution is -0.143. The zero-order valence-corrected chi connectivity index (χ0v) is 14.6. The Morgan fingerprint density at radius 2 is 1.75 bits per heavy atom. The first-order valence-corrected chi connectivity index (χ1v) is 7.65. The first-order valence-electron chi connectivity index (χ1n) is 7.65. The van der Waals surface area contributed by atoms with Gasteiger partial charge in [-0.1, -0.05) is 0 Å². The van der Waals surface area contributed by atoms with Crippen LogP contribution in [0.5, 0.6) is 11.5 Å². The number of hydrogen-bond acceptors (Lipinski definition) is 5. The molecule has 1 aromatic carbocycles. The number of carbonyl (C=O) groups is 2. The van der Waals surface area contributed by atoms with Crippen LogP contribution in [-0.2, 0) is 16.0 Å². The summed E-state index contributed by atoms with van der Waals surface area (Å²) in [6.45, 7) is 5.49.